The summed E-state index contributed by atoms with van der Waals surface area (Å²) in [6.07, 6.45) is 0. The van der Waals surface area contributed by atoms with Crippen molar-refractivity contribution in [3.63, 3.8) is 0 Å². The molecule has 1 unspecified atom stereocenters. The van der Waals surface area contributed by atoms with Gasteiger partial charge in [-0.25, -0.2) is 0 Å². The van der Waals surface area contributed by atoms with Gasteiger partial charge in [0.1, 0.15) is 4.34 Å². The molecule has 18 heavy (non-hydrogen) atoms. The fourth-order valence-electron chi connectivity index (χ4n) is 1.89. The van der Waals surface area contributed by atoms with Crippen LogP contribution in [0.5, 0.6) is 0 Å². The van der Waals surface area contributed by atoms with Gasteiger partial charge in [-0.1, -0.05) is 35.3 Å². The predicted octanol–water partition coefficient (Wildman–Crippen LogP) is 5.43. The Bertz CT molecular complexity index is 549. The molecule has 0 aliphatic heterocycles. The lowest BCUT2D eigenvalue weighted by Crippen LogP contribution is -2.17. The molecule has 0 spiro atoms. The van der Waals surface area contributed by atoms with Crippen LogP contribution >= 0.6 is 50.5 Å². The van der Waals surface area contributed by atoms with E-state index in [9.17, 15) is 0 Å². The summed E-state index contributed by atoms with van der Waals surface area (Å²) in [5.74, 6) is 0. The molecule has 0 bridgehead atoms. The number of benzene rings is 1. The van der Waals surface area contributed by atoms with Crippen molar-refractivity contribution >= 4 is 50.5 Å². The Morgan fingerprint density at radius 3 is 2.61 bits per heavy atom. The average Bonchev–Trinajstić information content (AvgIpc) is 2.66. The summed E-state index contributed by atoms with van der Waals surface area (Å²) >= 11 is 17.3. The summed E-state index contributed by atoms with van der Waals surface area (Å²) in [5, 5.41) is 4.10. The molecule has 0 saturated carbocycles. The highest BCUT2D eigenvalue weighted by atomic mass is 79.9. The highest BCUT2D eigenvalue weighted by molar-refractivity contribution is 9.10. The minimum atomic E-state index is 0.109. The summed E-state index contributed by atoms with van der Waals surface area (Å²) in [4.78, 5) is 1.17. The van der Waals surface area contributed by atoms with Crippen molar-refractivity contribution in [1.82, 2.24) is 5.32 Å². The molecule has 1 N–H and O–H groups in total. The lowest BCUT2D eigenvalue weighted by Gasteiger charge is -2.18. The molecule has 1 heterocycles. The molecule has 0 radical (unpaired) electrons. The molecule has 0 saturated heterocycles. The number of hydrogen-bond donors (Lipinski definition) is 1. The van der Waals surface area contributed by atoms with Gasteiger partial charge in [0.25, 0.3) is 0 Å². The van der Waals surface area contributed by atoms with Gasteiger partial charge >= 0.3 is 0 Å². The van der Waals surface area contributed by atoms with Crippen LogP contribution < -0.4 is 5.32 Å². The SMILES string of the molecule is CNC(c1cc(Br)c(Cl)s1)c1cccc(Cl)c1C. The van der Waals surface area contributed by atoms with Crippen LogP contribution in [0.15, 0.2) is 28.7 Å². The molecular weight excluding hydrogens is 353 g/mol. The summed E-state index contributed by atoms with van der Waals surface area (Å²) in [5.41, 5.74) is 2.27. The van der Waals surface area contributed by atoms with E-state index < -0.39 is 0 Å². The van der Waals surface area contributed by atoms with E-state index in [2.05, 4.69) is 33.4 Å². The van der Waals surface area contributed by atoms with Gasteiger partial charge in [0, 0.05) is 14.4 Å². The van der Waals surface area contributed by atoms with Gasteiger partial charge in [-0.15, -0.1) is 11.3 Å². The van der Waals surface area contributed by atoms with Crippen LogP contribution in [0.25, 0.3) is 0 Å². The maximum absolute atomic E-state index is 6.18. The minimum absolute atomic E-state index is 0.109. The van der Waals surface area contributed by atoms with Crippen LogP contribution in [0, 0.1) is 6.92 Å². The zero-order valence-electron chi connectivity index (χ0n) is 9.93. The first-order chi connectivity index (χ1) is 8.54. The molecule has 1 atom stereocenters. The van der Waals surface area contributed by atoms with Gasteiger partial charge in [0.05, 0.1) is 6.04 Å². The zero-order chi connectivity index (χ0) is 13.3. The van der Waals surface area contributed by atoms with Crippen LogP contribution in [0.1, 0.15) is 22.0 Å². The van der Waals surface area contributed by atoms with E-state index in [1.807, 2.05) is 26.1 Å². The molecular formula is C13H12BrCl2NS. The molecule has 2 rings (SSSR count). The molecule has 1 aromatic carbocycles. The van der Waals surface area contributed by atoms with Gasteiger partial charge in [-0.3, -0.25) is 0 Å². The standard InChI is InChI=1S/C13H12BrCl2NS/c1-7-8(4-3-5-10(7)15)12(17-2)11-6-9(14)13(16)18-11/h3-6,12,17H,1-2H3. The second kappa shape index (κ2) is 5.93. The summed E-state index contributed by atoms with van der Waals surface area (Å²) < 4.78 is 1.70. The molecule has 1 aromatic heterocycles. The third-order valence-corrected chi connectivity index (χ3v) is 5.81. The first kappa shape index (κ1) is 14.4. The molecule has 5 heteroatoms. The van der Waals surface area contributed by atoms with Crippen molar-refractivity contribution in [3.8, 4) is 0 Å². The average molecular weight is 365 g/mol. The van der Waals surface area contributed by atoms with Crippen LogP contribution in [-0.4, -0.2) is 7.05 Å². The maximum atomic E-state index is 6.18. The molecule has 1 nitrogen and oxygen atoms in total. The second-order valence-electron chi connectivity index (χ2n) is 3.95. The number of thiophene rings is 1. The highest BCUT2D eigenvalue weighted by Crippen LogP contribution is 2.38. The molecule has 0 fully saturated rings. The quantitative estimate of drug-likeness (QED) is 0.765. The summed E-state index contributed by atoms with van der Waals surface area (Å²) in [6, 6.07) is 8.12. The van der Waals surface area contributed by atoms with E-state index in [-0.39, 0.29) is 6.04 Å². The van der Waals surface area contributed by atoms with E-state index in [0.717, 1.165) is 19.4 Å². The van der Waals surface area contributed by atoms with Crippen LogP contribution in [0.4, 0.5) is 0 Å². The van der Waals surface area contributed by atoms with E-state index in [1.54, 1.807) is 11.3 Å². The third-order valence-electron chi connectivity index (χ3n) is 2.86. The number of halogens is 3. The third kappa shape index (κ3) is 2.75. The fraction of sp³-hybridized carbons (Fsp3) is 0.231. The lowest BCUT2D eigenvalue weighted by molar-refractivity contribution is 0.699. The van der Waals surface area contributed by atoms with Crippen molar-refractivity contribution in [3.05, 3.63) is 54.1 Å². The summed E-state index contributed by atoms with van der Waals surface area (Å²) in [7, 11) is 1.94. The molecule has 0 amide bonds. The predicted molar refractivity (Wildman–Crippen MR) is 84.1 cm³/mol. The zero-order valence-corrected chi connectivity index (χ0v) is 13.8. The summed E-state index contributed by atoms with van der Waals surface area (Å²) in [6.45, 7) is 2.03. The van der Waals surface area contributed by atoms with E-state index in [4.69, 9.17) is 23.2 Å². The van der Waals surface area contributed by atoms with Gasteiger partial charge in [0.2, 0.25) is 0 Å². The van der Waals surface area contributed by atoms with Gasteiger partial charge in [0.15, 0.2) is 0 Å². The molecule has 0 aliphatic carbocycles. The van der Waals surface area contributed by atoms with Crippen molar-refractivity contribution in [2.24, 2.45) is 0 Å². The topological polar surface area (TPSA) is 12.0 Å². The fourth-order valence-corrected chi connectivity index (χ4v) is 3.94. The van der Waals surface area contributed by atoms with E-state index in [1.165, 1.54) is 10.4 Å². The Balaban J connectivity index is 2.48. The van der Waals surface area contributed by atoms with Gasteiger partial charge < -0.3 is 5.32 Å². The Labute approximate surface area is 129 Å². The van der Waals surface area contributed by atoms with Gasteiger partial charge in [-0.2, -0.15) is 0 Å². The van der Waals surface area contributed by atoms with Crippen LogP contribution in [-0.2, 0) is 0 Å². The number of hydrogen-bond acceptors (Lipinski definition) is 2. The van der Waals surface area contributed by atoms with Crippen LogP contribution in [0.3, 0.4) is 0 Å². The van der Waals surface area contributed by atoms with Gasteiger partial charge in [-0.05, 0) is 53.2 Å². The molecule has 96 valence electrons. The first-order valence-electron chi connectivity index (χ1n) is 5.41. The second-order valence-corrected chi connectivity index (χ2v) is 6.89. The monoisotopic (exact) mass is 363 g/mol. The maximum Gasteiger partial charge on any atom is 0.107 e. The van der Waals surface area contributed by atoms with Crippen molar-refractivity contribution in [1.29, 1.82) is 0 Å². The van der Waals surface area contributed by atoms with Crippen molar-refractivity contribution in [2.45, 2.75) is 13.0 Å². The largest absolute Gasteiger partial charge is 0.309 e. The van der Waals surface area contributed by atoms with E-state index >= 15 is 0 Å². The number of nitrogens with one attached hydrogen (secondary N) is 1. The van der Waals surface area contributed by atoms with E-state index in [0.29, 0.717) is 0 Å². The van der Waals surface area contributed by atoms with Crippen molar-refractivity contribution < 1.29 is 0 Å². The minimum Gasteiger partial charge on any atom is -0.309 e. The Morgan fingerprint density at radius 1 is 1.33 bits per heavy atom. The van der Waals surface area contributed by atoms with Crippen molar-refractivity contribution in [2.75, 3.05) is 7.05 Å². The first-order valence-corrected chi connectivity index (χ1v) is 7.78. The Morgan fingerprint density at radius 2 is 2.06 bits per heavy atom. The lowest BCUT2D eigenvalue weighted by atomic mass is 10.0. The molecule has 0 aliphatic rings. The van der Waals surface area contributed by atoms with Crippen LogP contribution in [0.2, 0.25) is 9.36 Å². The Hall–Kier alpha value is -0.0600. The highest BCUT2D eigenvalue weighted by Gasteiger charge is 2.18. The Kier molecular flexibility index (Phi) is 4.73. The smallest absolute Gasteiger partial charge is 0.107 e. The normalized spacial score (nSPS) is 12.7. The number of rotatable bonds is 3. The molecule has 2 aromatic rings.